The second-order valence-corrected chi connectivity index (χ2v) is 5.97. The van der Waals surface area contributed by atoms with Crippen molar-refractivity contribution in [3.8, 4) is 0 Å². The lowest BCUT2D eigenvalue weighted by molar-refractivity contribution is -0.385. The number of alkyl halides is 1. The van der Waals surface area contributed by atoms with E-state index in [1.807, 2.05) is 6.07 Å². The number of nitrogens with zero attached hydrogens (tertiary/aromatic N) is 1. The maximum atomic E-state index is 10.9. The van der Waals surface area contributed by atoms with Crippen molar-refractivity contribution in [2.45, 2.75) is 32.1 Å². The summed E-state index contributed by atoms with van der Waals surface area (Å²) in [7, 11) is 0. The number of nitro groups is 1. The molecule has 0 radical (unpaired) electrons. The molecule has 17 heavy (non-hydrogen) atoms. The van der Waals surface area contributed by atoms with Gasteiger partial charge in [0, 0.05) is 17.0 Å². The van der Waals surface area contributed by atoms with Gasteiger partial charge in [-0.05, 0) is 24.2 Å². The topological polar surface area (TPSA) is 43.1 Å². The summed E-state index contributed by atoms with van der Waals surface area (Å²) in [6.07, 6.45) is 1.69. The van der Waals surface area contributed by atoms with Gasteiger partial charge in [-0.2, -0.15) is 0 Å². The Morgan fingerprint density at radius 1 is 1.53 bits per heavy atom. The van der Waals surface area contributed by atoms with E-state index in [9.17, 15) is 10.1 Å². The Bertz CT molecular complexity index is 445. The fraction of sp³-hybridized carbons (Fsp3) is 0.538. The molecule has 1 fully saturated rings. The van der Waals surface area contributed by atoms with Crippen molar-refractivity contribution >= 4 is 17.3 Å². The highest BCUT2D eigenvalue weighted by Gasteiger charge is 2.49. The lowest BCUT2D eigenvalue weighted by Gasteiger charge is -2.11. The summed E-state index contributed by atoms with van der Waals surface area (Å²) in [6.45, 7) is 4.37. The summed E-state index contributed by atoms with van der Waals surface area (Å²) in [5.74, 6) is 0.476. The average molecular weight is 254 g/mol. The highest BCUT2D eigenvalue weighted by Crippen LogP contribution is 2.55. The number of benzene rings is 1. The molecule has 0 aliphatic heterocycles. The van der Waals surface area contributed by atoms with Crippen molar-refractivity contribution in [3.05, 3.63) is 39.9 Å². The zero-order valence-electron chi connectivity index (χ0n) is 10.0. The molecule has 0 bridgehead atoms. The molecule has 1 aromatic rings. The number of halogens is 1. The molecule has 2 rings (SSSR count). The Hall–Kier alpha value is -1.09. The molecule has 92 valence electrons. The molecule has 2 unspecified atom stereocenters. The van der Waals surface area contributed by atoms with Crippen LogP contribution in [-0.2, 0) is 6.42 Å². The lowest BCUT2D eigenvalue weighted by atomic mass is 10.0. The molecule has 0 saturated heterocycles. The highest BCUT2D eigenvalue weighted by atomic mass is 35.5. The van der Waals surface area contributed by atoms with Gasteiger partial charge in [-0.15, -0.1) is 11.6 Å². The van der Waals surface area contributed by atoms with Gasteiger partial charge < -0.3 is 0 Å². The van der Waals surface area contributed by atoms with E-state index in [-0.39, 0.29) is 16.0 Å². The molecular weight excluding hydrogens is 238 g/mol. The van der Waals surface area contributed by atoms with E-state index in [4.69, 9.17) is 11.6 Å². The number of rotatable bonds is 4. The van der Waals surface area contributed by atoms with Crippen LogP contribution < -0.4 is 0 Å². The van der Waals surface area contributed by atoms with Gasteiger partial charge in [-0.1, -0.05) is 32.0 Å². The zero-order chi connectivity index (χ0) is 12.6. The largest absolute Gasteiger partial charge is 0.272 e. The smallest absolute Gasteiger partial charge is 0.258 e. The van der Waals surface area contributed by atoms with Gasteiger partial charge in [0.05, 0.1) is 4.92 Å². The van der Waals surface area contributed by atoms with Gasteiger partial charge in [-0.25, -0.2) is 0 Å². The summed E-state index contributed by atoms with van der Waals surface area (Å²) in [5, 5.41) is 10.9. The predicted molar refractivity (Wildman–Crippen MR) is 68.3 cm³/mol. The van der Waals surface area contributed by atoms with Crippen LogP contribution in [0, 0.1) is 21.4 Å². The summed E-state index contributed by atoms with van der Waals surface area (Å²) in [5.41, 5.74) is 1.22. The highest BCUT2D eigenvalue weighted by molar-refractivity contribution is 6.21. The molecular formula is C13H16ClNO2. The van der Waals surface area contributed by atoms with E-state index >= 15 is 0 Å². The molecule has 3 nitrogen and oxygen atoms in total. The first-order valence-corrected chi connectivity index (χ1v) is 6.22. The Kier molecular flexibility index (Phi) is 3.13. The van der Waals surface area contributed by atoms with Crippen LogP contribution in [-0.4, -0.2) is 10.3 Å². The van der Waals surface area contributed by atoms with Crippen LogP contribution in [0.15, 0.2) is 24.3 Å². The second kappa shape index (κ2) is 4.30. The SMILES string of the molecule is CC1(C)CC1C(Cl)Cc1ccccc1[N+](=O)[O-]. The normalized spacial score (nSPS) is 23.1. The second-order valence-electron chi connectivity index (χ2n) is 5.41. The summed E-state index contributed by atoms with van der Waals surface area (Å²) in [6, 6.07) is 6.84. The summed E-state index contributed by atoms with van der Waals surface area (Å²) < 4.78 is 0. The van der Waals surface area contributed by atoms with Crippen molar-refractivity contribution in [1.29, 1.82) is 0 Å². The van der Waals surface area contributed by atoms with E-state index in [2.05, 4.69) is 13.8 Å². The third kappa shape index (κ3) is 2.60. The fourth-order valence-electron chi connectivity index (χ4n) is 2.34. The van der Waals surface area contributed by atoms with Gasteiger partial charge in [0.15, 0.2) is 0 Å². The van der Waals surface area contributed by atoms with E-state index < -0.39 is 0 Å². The minimum absolute atomic E-state index is 0.00824. The van der Waals surface area contributed by atoms with Gasteiger partial charge in [0.2, 0.25) is 0 Å². The molecule has 1 aromatic carbocycles. The third-order valence-electron chi connectivity index (χ3n) is 3.63. The minimum atomic E-state index is -0.336. The van der Waals surface area contributed by atoms with Crippen molar-refractivity contribution in [2.24, 2.45) is 11.3 Å². The first-order valence-electron chi connectivity index (χ1n) is 5.78. The molecule has 1 saturated carbocycles. The molecule has 0 heterocycles. The van der Waals surface area contributed by atoms with Crippen molar-refractivity contribution < 1.29 is 4.92 Å². The van der Waals surface area contributed by atoms with Crippen LogP contribution >= 0.6 is 11.6 Å². The number of hydrogen-bond acceptors (Lipinski definition) is 2. The molecule has 0 N–H and O–H groups in total. The van der Waals surface area contributed by atoms with E-state index in [1.54, 1.807) is 12.1 Å². The van der Waals surface area contributed by atoms with Crippen molar-refractivity contribution in [1.82, 2.24) is 0 Å². The van der Waals surface area contributed by atoms with E-state index in [0.29, 0.717) is 17.8 Å². The van der Waals surface area contributed by atoms with Crippen LogP contribution in [0.5, 0.6) is 0 Å². The molecule has 0 aromatic heterocycles. The Labute approximate surface area is 106 Å². The Morgan fingerprint density at radius 2 is 2.12 bits per heavy atom. The van der Waals surface area contributed by atoms with Crippen LogP contribution in [0.1, 0.15) is 25.8 Å². The number of hydrogen-bond donors (Lipinski definition) is 0. The standard InChI is InChI=1S/C13H16ClNO2/c1-13(2)8-10(13)11(14)7-9-5-3-4-6-12(9)15(16)17/h3-6,10-11H,7-8H2,1-2H3. The van der Waals surface area contributed by atoms with Crippen LogP contribution in [0.4, 0.5) is 5.69 Å². The molecule has 1 aliphatic rings. The van der Waals surface area contributed by atoms with E-state index in [1.165, 1.54) is 6.07 Å². The molecule has 0 amide bonds. The summed E-state index contributed by atoms with van der Waals surface area (Å²) in [4.78, 5) is 10.5. The predicted octanol–water partition coefficient (Wildman–Crippen LogP) is 3.79. The van der Waals surface area contributed by atoms with Gasteiger partial charge >= 0.3 is 0 Å². The summed E-state index contributed by atoms with van der Waals surface area (Å²) >= 11 is 6.35. The van der Waals surface area contributed by atoms with Gasteiger partial charge in [0.25, 0.3) is 5.69 Å². The minimum Gasteiger partial charge on any atom is -0.258 e. The third-order valence-corrected chi connectivity index (χ3v) is 4.09. The molecule has 0 spiro atoms. The van der Waals surface area contributed by atoms with Crippen molar-refractivity contribution in [2.75, 3.05) is 0 Å². The Balaban J connectivity index is 2.11. The molecule has 2 atom stereocenters. The number of nitro benzene ring substituents is 1. The van der Waals surface area contributed by atoms with Crippen molar-refractivity contribution in [3.63, 3.8) is 0 Å². The molecule has 4 heteroatoms. The number of para-hydroxylation sites is 1. The first kappa shape index (κ1) is 12.4. The maximum absolute atomic E-state index is 10.9. The quantitative estimate of drug-likeness (QED) is 0.465. The monoisotopic (exact) mass is 253 g/mol. The Morgan fingerprint density at radius 3 is 2.65 bits per heavy atom. The van der Waals surface area contributed by atoms with Crippen LogP contribution in [0.25, 0.3) is 0 Å². The molecule has 1 aliphatic carbocycles. The van der Waals surface area contributed by atoms with Gasteiger partial charge in [-0.3, -0.25) is 10.1 Å². The van der Waals surface area contributed by atoms with Gasteiger partial charge in [0.1, 0.15) is 0 Å². The zero-order valence-corrected chi connectivity index (χ0v) is 10.8. The van der Waals surface area contributed by atoms with Crippen LogP contribution in [0.3, 0.4) is 0 Å². The fourth-order valence-corrected chi connectivity index (χ4v) is 2.94. The first-order chi connectivity index (χ1) is 7.92. The maximum Gasteiger partial charge on any atom is 0.272 e. The van der Waals surface area contributed by atoms with E-state index in [0.717, 1.165) is 12.0 Å². The lowest BCUT2D eigenvalue weighted by Crippen LogP contribution is -2.11. The average Bonchev–Trinajstić information content (AvgIpc) is 2.88. The van der Waals surface area contributed by atoms with Crippen LogP contribution in [0.2, 0.25) is 0 Å².